The lowest BCUT2D eigenvalue weighted by Crippen LogP contribution is -2.47. The highest BCUT2D eigenvalue weighted by Gasteiger charge is 2.44. The normalized spacial score (nSPS) is 28.1. The minimum Gasteiger partial charge on any atom is -0.375 e. The van der Waals surface area contributed by atoms with Crippen molar-refractivity contribution in [3.8, 4) is 0 Å². The largest absolute Gasteiger partial charge is 0.375 e. The van der Waals surface area contributed by atoms with Gasteiger partial charge in [-0.05, 0) is 44.9 Å². The fourth-order valence-electron chi connectivity index (χ4n) is 3.21. The summed E-state index contributed by atoms with van der Waals surface area (Å²) in [5.41, 5.74) is 0.116. The molecule has 0 aromatic rings. The molecule has 2 aliphatic rings. The van der Waals surface area contributed by atoms with Gasteiger partial charge < -0.3 is 4.74 Å². The third kappa shape index (κ3) is 2.17. The number of ether oxygens (including phenoxy) is 1. The van der Waals surface area contributed by atoms with E-state index >= 15 is 0 Å². The highest BCUT2D eigenvalue weighted by Crippen LogP contribution is 2.45. The zero-order valence-electron chi connectivity index (χ0n) is 10.6. The molecule has 0 N–H and O–H groups in total. The van der Waals surface area contributed by atoms with Gasteiger partial charge >= 0.3 is 0 Å². The smallest absolute Gasteiger partial charge is 0.139 e. The van der Waals surface area contributed by atoms with Gasteiger partial charge in [-0.25, -0.2) is 0 Å². The molecule has 1 heterocycles. The summed E-state index contributed by atoms with van der Waals surface area (Å²) < 4.78 is 5.88. The maximum absolute atomic E-state index is 12.3. The second-order valence-corrected chi connectivity index (χ2v) is 5.49. The van der Waals surface area contributed by atoms with Crippen LogP contribution in [-0.2, 0) is 9.53 Å². The van der Waals surface area contributed by atoms with E-state index in [2.05, 4.69) is 13.8 Å². The molecule has 0 radical (unpaired) electrons. The monoisotopic (exact) mass is 224 g/mol. The summed E-state index contributed by atoms with van der Waals surface area (Å²) in [7, 11) is 0. The predicted octanol–water partition coefficient (Wildman–Crippen LogP) is 3.34. The molecule has 2 rings (SSSR count). The van der Waals surface area contributed by atoms with Crippen molar-refractivity contribution in [2.75, 3.05) is 6.61 Å². The molecule has 0 aromatic carbocycles. The maximum atomic E-state index is 12.3. The van der Waals surface area contributed by atoms with Crippen molar-refractivity contribution >= 4 is 5.78 Å². The van der Waals surface area contributed by atoms with Gasteiger partial charge in [-0.3, -0.25) is 4.79 Å². The number of ketones is 1. The Hall–Kier alpha value is -0.370. The van der Waals surface area contributed by atoms with E-state index in [4.69, 9.17) is 4.74 Å². The quantitative estimate of drug-likeness (QED) is 0.732. The van der Waals surface area contributed by atoms with Gasteiger partial charge in [0.25, 0.3) is 0 Å². The van der Waals surface area contributed by atoms with Crippen molar-refractivity contribution in [2.45, 2.75) is 64.4 Å². The van der Waals surface area contributed by atoms with Crippen LogP contribution in [0.5, 0.6) is 0 Å². The number of hydrogen-bond acceptors (Lipinski definition) is 2. The van der Waals surface area contributed by atoms with E-state index in [1.54, 1.807) is 0 Å². The molecule has 2 nitrogen and oxygen atoms in total. The Kier molecular flexibility index (Phi) is 3.68. The Morgan fingerprint density at radius 3 is 2.56 bits per heavy atom. The summed E-state index contributed by atoms with van der Waals surface area (Å²) in [6, 6.07) is 0. The first-order chi connectivity index (χ1) is 7.71. The minimum atomic E-state index is 0.116. The molecule has 0 amide bonds. The zero-order valence-corrected chi connectivity index (χ0v) is 10.6. The SMILES string of the molecule is CCC(CC)C(=O)C1CCOC2(CCC2)C1. The van der Waals surface area contributed by atoms with Crippen molar-refractivity contribution in [2.24, 2.45) is 11.8 Å². The molecule has 1 spiro atoms. The first kappa shape index (κ1) is 12.1. The second kappa shape index (κ2) is 4.87. The molecule has 1 aliphatic carbocycles. The van der Waals surface area contributed by atoms with Gasteiger partial charge in [0, 0.05) is 18.4 Å². The zero-order chi connectivity index (χ0) is 11.6. The van der Waals surface area contributed by atoms with Gasteiger partial charge in [0.15, 0.2) is 0 Å². The van der Waals surface area contributed by atoms with Gasteiger partial charge in [0.2, 0.25) is 0 Å². The van der Waals surface area contributed by atoms with Gasteiger partial charge in [-0.2, -0.15) is 0 Å². The van der Waals surface area contributed by atoms with Crippen LogP contribution in [0.2, 0.25) is 0 Å². The molecule has 2 fully saturated rings. The third-order valence-electron chi connectivity index (χ3n) is 4.55. The van der Waals surface area contributed by atoms with E-state index in [-0.39, 0.29) is 5.60 Å². The van der Waals surface area contributed by atoms with E-state index in [1.807, 2.05) is 0 Å². The van der Waals surface area contributed by atoms with E-state index < -0.39 is 0 Å². The number of Topliss-reactive ketones (excluding diaryl/α,β-unsaturated/α-hetero) is 1. The summed E-state index contributed by atoms with van der Waals surface area (Å²) >= 11 is 0. The van der Waals surface area contributed by atoms with Gasteiger partial charge in [-0.1, -0.05) is 13.8 Å². The summed E-state index contributed by atoms with van der Waals surface area (Å²) in [6.45, 7) is 5.06. The van der Waals surface area contributed by atoms with Crippen LogP contribution < -0.4 is 0 Å². The average molecular weight is 224 g/mol. The lowest BCUT2D eigenvalue weighted by Gasteiger charge is -2.47. The molecule has 1 aliphatic heterocycles. The molecule has 16 heavy (non-hydrogen) atoms. The molecule has 2 heteroatoms. The fraction of sp³-hybridized carbons (Fsp3) is 0.929. The number of carbonyl (C=O) groups excluding carboxylic acids is 1. The number of rotatable bonds is 4. The standard InChI is InChI=1S/C14H24O2/c1-3-11(4-2)13(15)12-6-9-16-14(10-12)7-5-8-14/h11-12H,3-10H2,1-2H3. The molecular formula is C14H24O2. The summed E-state index contributed by atoms with van der Waals surface area (Å²) in [4.78, 5) is 12.3. The molecule has 1 unspecified atom stereocenters. The van der Waals surface area contributed by atoms with Gasteiger partial charge in [0.1, 0.15) is 5.78 Å². The Bertz CT molecular complexity index is 251. The molecule has 1 saturated heterocycles. The van der Waals surface area contributed by atoms with Gasteiger partial charge in [-0.15, -0.1) is 0 Å². The first-order valence-corrected chi connectivity index (χ1v) is 6.88. The molecule has 92 valence electrons. The van der Waals surface area contributed by atoms with Crippen LogP contribution in [0.3, 0.4) is 0 Å². The number of carbonyl (C=O) groups is 1. The van der Waals surface area contributed by atoms with Crippen molar-refractivity contribution in [3.05, 3.63) is 0 Å². The minimum absolute atomic E-state index is 0.116. The third-order valence-corrected chi connectivity index (χ3v) is 4.55. The second-order valence-electron chi connectivity index (χ2n) is 5.49. The van der Waals surface area contributed by atoms with Crippen molar-refractivity contribution in [1.29, 1.82) is 0 Å². The Balaban J connectivity index is 1.95. The van der Waals surface area contributed by atoms with Crippen LogP contribution in [0.4, 0.5) is 0 Å². The molecule has 1 saturated carbocycles. The van der Waals surface area contributed by atoms with Crippen molar-refractivity contribution < 1.29 is 9.53 Å². The molecule has 1 atom stereocenters. The van der Waals surface area contributed by atoms with E-state index in [0.29, 0.717) is 17.6 Å². The van der Waals surface area contributed by atoms with E-state index in [9.17, 15) is 4.79 Å². The van der Waals surface area contributed by atoms with Crippen LogP contribution >= 0.6 is 0 Å². The van der Waals surface area contributed by atoms with E-state index in [1.165, 1.54) is 19.3 Å². The van der Waals surface area contributed by atoms with E-state index in [0.717, 1.165) is 32.3 Å². The van der Waals surface area contributed by atoms with Crippen molar-refractivity contribution in [3.63, 3.8) is 0 Å². The van der Waals surface area contributed by atoms with Gasteiger partial charge in [0.05, 0.1) is 5.60 Å². The first-order valence-electron chi connectivity index (χ1n) is 6.88. The van der Waals surface area contributed by atoms with Crippen LogP contribution in [-0.4, -0.2) is 18.0 Å². The molecule has 0 aromatic heterocycles. The van der Waals surface area contributed by atoms with Crippen LogP contribution in [0.25, 0.3) is 0 Å². The summed E-state index contributed by atoms with van der Waals surface area (Å²) in [5.74, 6) is 1.10. The Morgan fingerprint density at radius 2 is 2.06 bits per heavy atom. The highest BCUT2D eigenvalue weighted by atomic mass is 16.5. The molecular weight excluding hydrogens is 200 g/mol. The average Bonchev–Trinajstić information content (AvgIpc) is 2.28. The van der Waals surface area contributed by atoms with Crippen LogP contribution in [0.1, 0.15) is 58.8 Å². The van der Waals surface area contributed by atoms with Crippen LogP contribution in [0.15, 0.2) is 0 Å². The summed E-state index contributed by atoms with van der Waals surface area (Å²) in [5, 5.41) is 0. The Morgan fingerprint density at radius 1 is 1.38 bits per heavy atom. The lowest BCUT2D eigenvalue weighted by molar-refractivity contribution is -0.157. The van der Waals surface area contributed by atoms with Crippen molar-refractivity contribution in [1.82, 2.24) is 0 Å². The predicted molar refractivity (Wildman–Crippen MR) is 64.3 cm³/mol. The number of hydrogen-bond donors (Lipinski definition) is 0. The summed E-state index contributed by atoms with van der Waals surface area (Å²) in [6.07, 6.45) is 7.60. The topological polar surface area (TPSA) is 26.3 Å². The molecule has 0 bridgehead atoms. The highest BCUT2D eigenvalue weighted by molar-refractivity contribution is 5.83. The fourth-order valence-corrected chi connectivity index (χ4v) is 3.21. The van der Waals surface area contributed by atoms with Crippen LogP contribution in [0, 0.1) is 11.8 Å². The Labute approximate surface area is 98.7 Å². The lowest BCUT2D eigenvalue weighted by atomic mass is 9.69. The maximum Gasteiger partial charge on any atom is 0.139 e.